The molecule has 196 valence electrons. The first-order chi connectivity index (χ1) is 17.4. The van der Waals surface area contributed by atoms with Gasteiger partial charge in [-0.3, -0.25) is 10.2 Å². The lowest BCUT2D eigenvalue weighted by Crippen LogP contribution is -2.34. The molecular formula is C25H29N5O6S. The molecular weight excluding hydrogens is 498 g/mol. The molecule has 1 atom stereocenters. The van der Waals surface area contributed by atoms with Gasteiger partial charge in [0.2, 0.25) is 15.9 Å². The molecule has 3 rings (SSSR count). The number of nitrogens with two attached hydrogens (primary N) is 2. The first kappa shape index (κ1) is 28.8. The number of primary sulfonamides is 1. The Kier molecular flexibility index (Phi) is 10.2. The van der Waals surface area contributed by atoms with Crippen LogP contribution in [0.2, 0.25) is 0 Å². The van der Waals surface area contributed by atoms with Gasteiger partial charge in [0.1, 0.15) is 11.9 Å². The summed E-state index contributed by atoms with van der Waals surface area (Å²) in [5, 5.41) is 33.0. The molecule has 0 aromatic heterocycles. The topological polar surface area (TPSA) is 209 Å². The second-order valence-corrected chi connectivity index (χ2v) is 9.40. The van der Waals surface area contributed by atoms with Gasteiger partial charge < -0.3 is 26.6 Å². The van der Waals surface area contributed by atoms with Crippen LogP contribution in [0.3, 0.4) is 0 Å². The summed E-state index contributed by atoms with van der Waals surface area (Å²) in [6.07, 6.45) is -0.434. The molecule has 0 aliphatic heterocycles. The number of benzene rings is 3. The van der Waals surface area contributed by atoms with Gasteiger partial charge >= 0.3 is 6.16 Å². The van der Waals surface area contributed by atoms with E-state index in [4.69, 9.17) is 31.3 Å². The number of hydrogen-bond donors (Lipinski definition) is 7. The smallest absolute Gasteiger partial charge is 0.450 e. The maximum absolute atomic E-state index is 12.9. The average molecular weight is 528 g/mol. The van der Waals surface area contributed by atoms with E-state index in [-0.39, 0.29) is 16.6 Å². The van der Waals surface area contributed by atoms with Crippen molar-refractivity contribution in [2.45, 2.75) is 30.7 Å². The van der Waals surface area contributed by atoms with Crippen molar-refractivity contribution in [3.63, 3.8) is 0 Å². The second kappa shape index (κ2) is 13.0. The van der Waals surface area contributed by atoms with Crippen LogP contribution in [0.4, 0.5) is 16.2 Å². The fourth-order valence-electron chi connectivity index (χ4n) is 3.45. The minimum atomic E-state index is -3.87. The number of amidine groups is 1. The van der Waals surface area contributed by atoms with Crippen LogP contribution in [0, 0.1) is 5.41 Å². The first-order valence-corrected chi connectivity index (χ1v) is 12.6. The lowest BCUT2D eigenvalue weighted by Gasteiger charge is -2.19. The summed E-state index contributed by atoms with van der Waals surface area (Å²) < 4.78 is 23.8. The highest BCUT2D eigenvalue weighted by Gasteiger charge is 2.19. The third-order valence-electron chi connectivity index (χ3n) is 5.07. The Hall–Kier alpha value is -4.42. The summed E-state index contributed by atoms with van der Waals surface area (Å²) in [5.74, 6) is -0.248. The molecule has 37 heavy (non-hydrogen) atoms. The van der Waals surface area contributed by atoms with Crippen LogP contribution >= 0.6 is 0 Å². The van der Waals surface area contributed by atoms with Crippen LogP contribution in [-0.4, -0.2) is 42.6 Å². The molecule has 1 amide bonds. The van der Waals surface area contributed by atoms with Crippen LogP contribution in [-0.2, 0) is 14.8 Å². The van der Waals surface area contributed by atoms with Crippen molar-refractivity contribution >= 4 is 39.3 Å². The molecule has 12 heteroatoms. The number of nitrogens with one attached hydrogen (secondary N) is 3. The van der Waals surface area contributed by atoms with Gasteiger partial charge in [0.15, 0.2) is 0 Å². The van der Waals surface area contributed by atoms with Gasteiger partial charge in [-0.25, -0.2) is 18.4 Å². The minimum Gasteiger partial charge on any atom is -0.450 e. The van der Waals surface area contributed by atoms with Crippen LogP contribution in [0.5, 0.6) is 0 Å². The summed E-state index contributed by atoms with van der Waals surface area (Å²) in [5.41, 5.74) is 8.58. The van der Waals surface area contributed by atoms with E-state index in [0.29, 0.717) is 34.5 Å². The molecule has 0 heterocycles. The van der Waals surface area contributed by atoms with Crippen LogP contribution < -0.4 is 21.5 Å². The number of anilines is 2. The Balaban J connectivity index is 0.00000112. The lowest BCUT2D eigenvalue weighted by atomic mass is 10.1. The molecule has 0 radical (unpaired) electrons. The molecule has 3 aromatic rings. The maximum Gasteiger partial charge on any atom is 0.503 e. The Labute approximate surface area is 214 Å². The van der Waals surface area contributed by atoms with Crippen molar-refractivity contribution in [2.24, 2.45) is 10.9 Å². The number of amides is 1. The summed E-state index contributed by atoms with van der Waals surface area (Å²) in [6, 6.07) is 20.0. The number of carbonyl (C=O) groups is 2. The second-order valence-electron chi connectivity index (χ2n) is 7.87. The zero-order valence-corrected chi connectivity index (χ0v) is 20.8. The van der Waals surface area contributed by atoms with Gasteiger partial charge in [0, 0.05) is 22.5 Å². The Morgan fingerprint density at radius 1 is 0.973 bits per heavy atom. The molecule has 0 saturated carbocycles. The molecule has 11 nitrogen and oxygen atoms in total. The van der Waals surface area contributed by atoms with E-state index in [1.165, 1.54) is 6.07 Å². The van der Waals surface area contributed by atoms with Gasteiger partial charge in [0.05, 0.1) is 4.90 Å². The SMILES string of the molecule is CCC[C@H](Nc1cccc(C(=N)N)c1)C(=O)Nc1ccc(-c2ccccc2S(N)(=O)=O)cc1.O=C(O)O. The fourth-order valence-corrected chi connectivity index (χ4v) is 4.21. The molecule has 0 bridgehead atoms. The van der Waals surface area contributed by atoms with Crippen LogP contribution in [0.15, 0.2) is 77.7 Å². The molecule has 3 aromatic carbocycles. The van der Waals surface area contributed by atoms with E-state index in [0.717, 1.165) is 6.42 Å². The van der Waals surface area contributed by atoms with E-state index in [1.807, 2.05) is 13.0 Å². The Bertz CT molecular complexity index is 1360. The van der Waals surface area contributed by atoms with Gasteiger partial charge in [-0.05, 0) is 42.3 Å². The lowest BCUT2D eigenvalue weighted by molar-refractivity contribution is -0.117. The molecule has 9 N–H and O–H groups in total. The first-order valence-electron chi connectivity index (χ1n) is 11.1. The Morgan fingerprint density at radius 3 is 2.16 bits per heavy atom. The van der Waals surface area contributed by atoms with Gasteiger partial charge in [0.25, 0.3) is 0 Å². The summed E-state index contributed by atoms with van der Waals surface area (Å²) in [4.78, 5) is 21.5. The van der Waals surface area contributed by atoms with E-state index in [1.54, 1.807) is 60.7 Å². The maximum atomic E-state index is 12.9. The standard InChI is InChI=1S/C24H27N5O3S.CH2O3/c1-2-6-21(28-19-8-5-7-17(15-19)23(25)26)24(30)29-18-13-11-16(12-14-18)20-9-3-4-10-22(20)33(27,31)32;2-1(3)4/h3-5,7-15,21,28H,2,6H2,1H3,(H3,25,26)(H,29,30)(H2,27,31,32);(H2,2,3,4)/t21-;/m0./s1. The van der Waals surface area contributed by atoms with Gasteiger partial charge in [-0.15, -0.1) is 0 Å². The monoisotopic (exact) mass is 527 g/mol. The predicted octanol–water partition coefficient (Wildman–Crippen LogP) is 3.73. The molecule has 0 fully saturated rings. The molecule has 0 saturated heterocycles. The minimum absolute atomic E-state index is 0.0424. The van der Waals surface area contributed by atoms with Crippen molar-refractivity contribution in [1.29, 1.82) is 5.41 Å². The number of rotatable bonds is 9. The zero-order chi connectivity index (χ0) is 27.6. The van der Waals surface area contributed by atoms with E-state index < -0.39 is 22.2 Å². The number of nitrogen functional groups attached to an aromatic ring is 1. The number of carbonyl (C=O) groups excluding carboxylic acids is 1. The highest BCUT2D eigenvalue weighted by molar-refractivity contribution is 7.89. The van der Waals surface area contributed by atoms with E-state index >= 15 is 0 Å². The third-order valence-corrected chi connectivity index (χ3v) is 6.03. The normalized spacial score (nSPS) is 11.4. The third kappa shape index (κ3) is 8.94. The number of sulfonamides is 1. The largest absolute Gasteiger partial charge is 0.503 e. The quantitative estimate of drug-likeness (QED) is 0.161. The van der Waals surface area contributed by atoms with E-state index in [9.17, 15) is 13.2 Å². The number of carboxylic acid groups (broad SMARTS) is 2. The van der Waals surface area contributed by atoms with Crippen molar-refractivity contribution in [3.05, 3.63) is 78.4 Å². The zero-order valence-electron chi connectivity index (χ0n) is 20.0. The summed E-state index contributed by atoms with van der Waals surface area (Å²) >= 11 is 0. The average Bonchev–Trinajstić information content (AvgIpc) is 2.83. The van der Waals surface area contributed by atoms with Gasteiger partial charge in [-0.1, -0.05) is 55.8 Å². The highest BCUT2D eigenvalue weighted by atomic mass is 32.2. The van der Waals surface area contributed by atoms with Crippen LogP contribution in [0.1, 0.15) is 25.3 Å². The van der Waals surface area contributed by atoms with Crippen molar-refractivity contribution in [1.82, 2.24) is 0 Å². The molecule has 0 aliphatic carbocycles. The van der Waals surface area contributed by atoms with Gasteiger partial charge in [-0.2, -0.15) is 0 Å². The van der Waals surface area contributed by atoms with Crippen molar-refractivity contribution in [3.8, 4) is 11.1 Å². The molecule has 0 aliphatic rings. The van der Waals surface area contributed by atoms with E-state index in [2.05, 4.69) is 10.6 Å². The van der Waals surface area contributed by atoms with Crippen molar-refractivity contribution in [2.75, 3.05) is 10.6 Å². The predicted molar refractivity (Wildman–Crippen MR) is 142 cm³/mol. The molecule has 0 spiro atoms. The number of hydrogen-bond acceptors (Lipinski definition) is 6. The summed E-state index contributed by atoms with van der Waals surface area (Å²) in [7, 11) is -3.87. The van der Waals surface area contributed by atoms with Crippen molar-refractivity contribution < 1.29 is 28.2 Å². The molecule has 0 unspecified atom stereocenters. The van der Waals surface area contributed by atoms with Crippen LogP contribution in [0.25, 0.3) is 11.1 Å². The highest BCUT2D eigenvalue weighted by Crippen LogP contribution is 2.27. The Morgan fingerprint density at radius 2 is 1.59 bits per heavy atom. The summed E-state index contributed by atoms with van der Waals surface area (Å²) in [6.45, 7) is 1.99. The fraction of sp³-hybridized carbons (Fsp3) is 0.160.